The zero-order valence-electron chi connectivity index (χ0n) is 25.1. The summed E-state index contributed by atoms with van der Waals surface area (Å²) in [5.41, 5.74) is 1.82. The van der Waals surface area contributed by atoms with Crippen LogP contribution in [0.15, 0.2) is 36.7 Å². The van der Waals surface area contributed by atoms with Gasteiger partial charge >= 0.3 is 6.09 Å². The number of anilines is 2. The molecule has 0 N–H and O–H groups in total. The van der Waals surface area contributed by atoms with Crippen molar-refractivity contribution < 1.29 is 14.5 Å². The number of aryl methyl sites for hydroxylation is 2. The van der Waals surface area contributed by atoms with Crippen LogP contribution < -0.4 is 4.90 Å². The van der Waals surface area contributed by atoms with Gasteiger partial charge in [0.15, 0.2) is 5.82 Å². The van der Waals surface area contributed by atoms with Crippen molar-refractivity contribution in [2.45, 2.75) is 59.6 Å². The third-order valence-electron chi connectivity index (χ3n) is 7.26. The molecule has 1 aromatic heterocycles. The van der Waals surface area contributed by atoms with Gasteiger partial charge < -0.3 is 9.64 Å². The second-order valence-electron chi connectivity index (χ2n) is 12.0. The predicted octanol–water partition coefficient (Wildman–Crippen LogP) is 5.61. The number of hydrogen-bond donors (Lipinski definition) is 0. The van der Waals surface area contributed by atoms with Crippen molar-refractivity contribution in [3.8, 4) is 11.8 Å². The highest BCUT2D eigenvalue weighted by Gasteiger charge is 2.30. The molecule has 3 aromatic rings. The first-order valence-corrected chi connectivity index (χ1v) is 13.7. The van der Waals surface area contributed by atoms with Crippen LogP contribution in [0.1, 0.15) is 51.3 Å². The molecule has 10 heteroatoms. The molecule has 0 saturated carbocycles. The molecular formula is C31H38N6O4. The first-order valence-electron chi connectivity index (χ1n) is 13.7. The topological polar surface area (TPSA) is 105 Å². The molecule has 0 unspecified atom stereocenters. The number of nitrogens with zero attached hydrogens (tertiary/aromatic N) is 6. The van der Waals surface area contributed by atoms with Crippen LogP contribution in [0, 0.1) is 35.8 Å². The number of carbonyl (C=O) groups excluding carboxylic acids is 1. The number of nitro groups is 1. The predicted molar refractivity (Wildman–Crippen MR) is 161 cm³/mol. The molecule has 0 radical (unpaired) electrons. The Bertz CT molecular complexity index is 1540. The number of nitro benzene ring substituents is 1. The SMILES string of the molecule is Cc1ccc(N(C(=O)OC(C)(C)C)c2ncnc3cc(C#CC(C)(C)N4CCN(C)CC4)c([N+](=O)[O-])cc23)cc1C. The van der Waals surface area contributed by atoms with Gasteiger partial charge in [-0.05, 0) is 84.8 Å². The molecule has 10 nitrogen and oxygen atoms in total. The Balaban J connectivity index is 1.84. The van der Waals surface area contributed by atoms with Crippen LogP contribution in [0.25, 0.3) is 10.9 Å². The minimum atomic E-state index is -0.775. The molecule has 1 fully saturated rings. The summed E-state index contributed by atoms with van der Waals surface area (Å²) < 4.78 is 5.73. The van der Waals surface area contributed by atoms with E-state index in [1.165, 1.54) is 17.3 Å². The summed E-state index contributed by atoms with van der Waals surface area (Å²) in [4.78, 5) is 40.0. The van der Waals surface area contributed by atoms with Gasteiger partial charge in [-0.1, -0.05) is 17.9 Å². The van der Waals surface area contributed by atoms with Crippen LogP contribution in [-0.4, -0.2) is 75.2 Å². The van der Waals surface area contributed by atoms with Crippen LogP contribution in [-0.2, 0) is 4.74 Å². The van der Waals surface area contributed by atoms with Crippen LogP contribution in [0.5, 0.6) is 0 Å². The lowest BCUT2D eigenvalue weighted by Crippen LogP contribution is -2.53. The fraction of sp³-hybridized carbons (Fsp3) is 0.452. The molecule has 2 aromatic carbocycles. The van der Waals surface area contributed by atoms with Crippen LogP contribution in [0.2, 0.25) is 0 Å². The zero-order chi connectivity index (χ0) is 30.1. The second kappa shape index (κ2) is 11.4. The van der Waals surface area contributed by atoms with E-state index in [1.54, 1.807) is 32.9 Å². The number of likely N-dealkylation sites (N-methyl/N-ethyl adjacent to an activating group) is 1. The number of carbonyl (C=O) groups is 1. The monoisotopic (exact) mass is 558 g/mol. The lowest BCUT2D eigenvalue weighted by molar-refractivity contribution is -0.385. The van der Waals surface area contributed by atoms with E-state index in [9.17, 15) is 14.9 Å². The highest BCUT2D eigenvalue weighted by Crippen LogP contribution is 2.35. The minimum absolute atomic E-state index is 0.181. The van der Waals surface area contributed by atoms with E-state index < -0.39 is 22.2 Å². The number of hydrogen-bond acceptors (Lipinski definition) is 8. The highest BCUT2D eigenvalue weighted by atomic mass is 16.6. The Hall–Kier alpha value is -4.07. The van der Waals surface area contributed by atoms with Crippen molar-refractivity contribution in [3.63, 3.8) is 0 Å². The van der Waals surface area contributed by atoms with E-state index in [1.807, 2.05) is 39.8 Å². The fourth-order valence-corrected chi connectivity index (χ4v) is 4.66. The number of benzene rings is 2. The molecule has 0 atom stereocenters. The molecule has 1 aliphatic heterocycles. The molecule has 4 rings (SSSR count). The van der Waals surface area contributed by atoms with Gasteiger partial charge in [0.2, 0.25) is 0 Å². The summed E-state index contributed by atoms with van der Waals surface area (Å²) >= 11 is 0. The van der Waals surface area contributed by atoms with Crippen molar-refractivity contribution in [2.24, 2.45) is 0 Å². The first kappa shape index (κ1) is 29.9. The maximum Gasteiger partial charge on any atom is 0.420 e. The number of aromatic nitrogens is 2. The van der Waals surface area contributed by atoms with Crippen LogP contribution >= 0.6 is 0 Å². The summed E-state index contributed by atoms with van der Waals surface area (Å²) in [5.74, 6) is 6.52. The molecule has 216 valence electrons. The van der Waals surface area contributed by atoms with Crippen molar-refractivity contribution in [2.75, 3.05) is 38.1 Å². The van der Waals surface area contributed by atoms with E-state index in [0.717, 1.165) is 37.3 Å². The van der Waals surface area contributed by atoms with E-state index in [4.69, 9.17) is 4.74 Å². The number of amides is 1. The number of piperazine rings is 1. The van der Waals surface area contributed by atoms with Gasteiger partial charge in [-0.15, -0.1) is 0 Å². The summed E-state index contributed by atoms with van der Waals surface area (Å²) in [6.07, 6.45) is 0.689. The standard InChI is InChI=1S/C31H38N6O4/c1-21-9-10-24(17-22(21)2)36(29(38)41-30(3,4)5)28-25-19-27(37(39)40)23(18-26(25)32-20-33-28)11-12-31(6,7)35-15-13-34(8)14-16-35/h9-10,17-20H,13-16H2,1-8H3. The molecule has 41 heavy (non-hydrogen) atoms. The molecule has 1 amide bonds. The van der Waals surface area contributed by atoms with Gasteiger partial charge in [0, 0.05) is 32.2 Å². The molecule has 2 heterocycles. The van der Waals surface area contributed by atoms with Crippen molar-refractivity contribution in [1.29, 1.82) is 0 Å². The fourth-order valence-electron chi connectivity index (χ4n) is 4.66. The zero-order valence-corrected chi connectivity index (χ0v) is 25.1. The van der Waals surface area contributed by atoms with E-state index in [-0.39, 0.29) is 17.1 Å². The van der Waals surface area contributed by atoms with Gasteiger partial charge in [0.1, 0.15) is 17.5 Å². The van der Waals surface area contributed by atoms with Gasteiger partial charge in [-0.25, -0.2) is 19.7 Å². The minimum Gasteiger partial charge on any atom is -0.443 e. The van der Waals surface area contributed by atoms with Crippen LogP contribution in [0.4, 0.5) is 22.0 Å². The number of fused-ring (bicyclic) bond motifs is 1. The first-order chi connectivity index (χ1) is 19.2. The largest absolute Gasteiger partial charge is 0.443 e. The normalized spacial score (nSPS) is 14.8. The van der Waals surface area contributed by atoms with Gasteiger partial charge in [0.25, 0.3) is 5.69 Å². The number of ether oxygens (including phenoxy) is 1. The van der Waals surface area contributed by atoms with Crippen molar-refractivity contribution >= 4 is 34.2 Å². The van der Waals surface area contributed by atoms with Gasteiger partial charge in [-0.2, -0.15) is 0 Å². The Morgan fingerprint density at radius 3 is 2.32 bits per heavy atom. The van der Waals surface area contributed by atoms with Crippen LogP contribution in [0.3, 0.4) is 0 Å². The van der Waals surface area contributed by atoms with Crippen molar-refractivity contribution in [3.05, 3.63) is 63.5 Å². The Labute approximate surface area is 241 Å². The van der Waals surface area contributed by atoms with Crippen molar-refractivity contribution in [1.82, 2.24) is 19.8 Å². The second-order valence-corrected chi connectivity index (χ2v) is 12.0. The molecule has 0 aliphatic carbocycles. The lowest BCUT2D eigenvalue weighted by atomic mass is 10.0. The molecule has 1 aliphatic rings. The lowest BCUT2D eigenvalue weighted by Gasteiger charge is -2.40. The summed E-state index contributed by atoms with van der Waals surface area (Å²) in [6.45, 7) is 16.9. The van der Waals surface area contributed by atoms with E-state index in [2.05, 4.69) is 38.7 Å². The summed E-state index contributed by atoms with van der Waals surface area (Å²) in [5, 5.41) is 12.6. The van der Waals surface area contributed by atoms with E-state index >= 15 is 0 Å². The maximum absolute atomic E-state index is 13.5. The molecule has 1 saturated heterocycles. The Kier molecular flexibility index (Phi) is 8.34. The molecule has 0 bridgehead atoms. The van der Waals surface area contributed by atoms with E-state index in [0.29, 0.717) is 16.6 Å². The van der Waals surface area contributed by atoms with Gasteiger partial charge in [-0.3, -0.25) is 15.0 Å². The Morgan fingerprint density at radius 2 is 1.71 bits per heavy atom. The number of rotatable bonds is 4. The Morgan fingerprint density at radius 1 is 1.02 bits per heavy atom. The summed E-state index contributed by atoms with van der Waals surface area (Å²) in [6, 6.07) is 8.57. The highest BCUT2D eigenvalue weighted by molar-refractivity contribution is 6.04. The third kappa shape index (κ3) is 6.81. The maximum atomic E-state index is 13.5. The molecular weight excluding hydrogens is 520 g/mol. The summed E-state index contributed by atoms with van der Waals surface area (Å²) in [7, 11) is 2.09. The quantitative estimate of drug-likeness (QED) is 0.231. The third-order valence-corrected chi connectivity index (χ3v) is 7.26. The smallest absolute Gasteiger partial charge is 0.420 e. The average Bonchev–Trinajstić information content (AvgIpc) is 2.88. The van der Waals surface area contributed by atoms with Gasteiger partial charge in [0.05, 0.1) is 27.1 Å². The molecule has 0 spiro atoms. The average molecular weight is 559 g/mol.